The predicted octanol–water partition coefficient (Wildman–Crippen LogP) is 2.64. The van der Waals surface area contributed by atoms with Gasteiger partial charge >= 0.3 is 0 Å². The van der Waals surface area contributed by atoms with Gasteiger partial charge in [-0.2, -0.15) is 4.31 Å². The molecule has 1 spiro atoms. The van der Waals surface area contributed by atoms with Crippen LogP contribution in [0.2, 0.25) is 0 Å². The van der Waals surface area contributed by atoms with Crippen molar-refractivity contribution in [1.82, 2.24) is 9.29 Å². The molecular formula is C20H24N2O4S. The third-order valence-corrected chi connectivity index (χ3v) is 7.32. The van der Waals surface area contributed by atoms with Crippen molar-refractivity contribution >= 4 is 10.0 Å². The fourth-order valence-electron chi connectivity index (χ4n) is 3.87. The van der Waals surface area contributed by atoms with Gasteiger partial charge in [-0.1, -0.05) is 17.7 Å². The maximum atomic E-state index is 12.8. The summed E-state index contributed by atoms with van der Waals surface area (Å²) >= 11 is 0. The average Bonchev–Trinajstić information content (AvgIpc) is 3.06. The van der Waals surface area contributed by atoms with Crippen molar-refractivity contribution in [3.63, 3.8) is 0 Å². The zero-order valence-corrected chi connectivity index (χ0v) is 16.2. The second kappa shape index (κ2) is 7.22. The van der Waals surface area contributed by atoms with Crippen molar-refractivity contribution < 1.29 is 17.9 Å². The standard InChI is InChI=1S/C20H24N2O4S/c1-16-4-6-19(7-5-16)27(23,24)22-14-20(15-22)17(9-12-26-20)8-11-25-18-3-2-10-21-13-18/h2-7,10,13,17H,8-9,11-12,14-15H2,1H3/t17-/m0/s1. The molecule has 0 aliphatic carbocycles. The number of aromatic nitrogens is 1. The Bertz CT molecular complexity index is 878. The third-order valence-electron chi connectivity index (χ3n) is 5.52. The average molecular weight is 388 g/mol. The van der Waals surface area contributed by atoms with Gasteiger partial charge in [0.2, 0.25) is 10.0 Å². The molecule has 0 saturated carbocycles. The quantitative estimate of drug-likeness (QED) is 0.761. The van der Waals surface area contributed by atoms with Crippen LogP contribution in [0.4, 0.5) is 0 Å². The SMILES string of the molecule is Cc1ccc(S(=O)(=O)N2CC3(C2)OCC[C@@H]3CCOc2cccnc2)cc1. The number of pyridine rings is 1. The summed E-state index contributed by atoms with van der Waals surface area (Å²) in [5.41, 5.74) is 0.678. The van der Waals surface area contributed by atoms with E-state index < -0.39 is 10.0 Å². The first-order valence-corrected chi connectivity index (χ1v) is 10.7. The largest absolute Gasteiger partial charge is 0.492 e. The number of nitrogens with zero attached hydrogens (tertiary/aromatic N) is 2. The summed E-state index contributed by atoms with van der Waals surface area (Å²) in [6.07, 6.45) is 5.19. The lowest BCUT2D eigenvalue weighted by Crippen LogP contribution is -2.66. The van der Waals surface area contributed by atoms with Gasteiger partial charge in [-0.05, 0) is 49.9 Å². The summed E-state index contributed by atoms with van der Waals surface area (Å²) < 4.78 is 38.9. The molecule has 6 nitrogen and oxygen atoms in total. The molecule has 4 rings (SSSR count). The highest BCUT2D eigenvalue weighted by Crippen LogP contribution is 2.43. The number of sulfonamides is 1. The highest BCUT2D eigenvalue weighted by molar-refractivity contribution is 7.89. The molecule has 144 valence electrons. The van der Waals surface area contributed by atoms with Crippen molar-refractivity contribution in [3.8, 4) is 5.75 Å². The molecule has 3 heterocycles. The van der Waals surface area contributed by atoms with Crippen LogP contribution in [-0.4, -0.2) is 49.6 Å². The van der Waals surface area contributed by atoms with E-state index in [0.29, 0.717) is 37.1 Å². The van der Waals surface area contributed by atoms with Crippen LogP contribution in [-0.2, 0) is 14.8 Å². The molecule has 0 amide bonds. The zero-order chi connectivity index (χ0) is 18.9. The molecular weight excluding hydrogens is 364 g/mol. The van der Waals surface area contributed by atoms with Crippen LogP contribution in [0, 0.1) is 12.8 Å². The lowest BCUT2D eigenvalue weighted by Gasteiger charge is -2.49. The molecule has 2 aromatic rings. The molecule has 0 unspecified atom stereocenters. The van der Waals surface area contributed by atoms with Crippen LogP contribution >= 0.6 is 0 Å². The topological polar surface area (TPSA) is 68.7 Å². The highest BCUT2D eigenvalue weighted by Gasteiger charge is 2.56. The van der Waals surface area contributed by atoms with Gasteiger partial charge in [0, 0.05) is 25.9 Å². The normalized spacial score (nSPS) is 21.9. The fraction of sp³-hybridized carbons (Fsp3) is 0.450. The van der Waals surface area contributed by atoms with Crippen molar-refractivity contribution in [2.75, 3.05) is 26.3 Å². The molecule has 0 radical (unpaired) electrons. The van der Waals surface area contributed by atoms with Gasteiger partial charge < -0.3 is 9.47 Å². The van der Waals surface area contributed by atoms with Gasteiger partial charge in [0.1, 0.15) is 5.75 Å². The van der Waals surface area contributed by atoms with E-state index in [9.17, 15) is 8.42 Å². The summed E-state index contributed by atoms with van der Waals surface area (Å²) in [5.74, 6) is 1.06. The lowest BCUT2D eigenvalue weighted by molar-refractivity contribution is -0.104. The number of hydrogen-bond donors (Lipinski definition) is 0. The van der Waals surface area contributed by atoms with Crippen LogP contribution in [0.15, 0.2) is 53.7 Å². The first kappa shape index (κ1) is 18.4. The van der Waals surface area contributed by atoms with E-state index in [-0.39, 0.29) is 5.60 Å². The molecule has 2 aliphatic heterocycles. The van der Waals surface area contributed by atoms with Crippen LogP contribution in [0.1, 0.15) is 18.4 Å². The summed E-state index contributed by atoms with van der Waals surface area (Å²) in [4.78, 5) is 4.38. The number of rotatable bonds is 6. The van der Waals surface area contributed by atoms with Gasteiger partial charge in [-0.15, -0.1) is 0 Å². The van der Waals surface area contributed by atoms with Crippen LogP contribution in [0.25, 0.3) is 0 Å². The summed E-state index contributed by atoms with van der Waals surface area (Å²) in [6, 6.07) is 10.7. The molecule has 1 aromatic heterocycles. The number of hydrogen-bond acceptors (Lipinski definition) is 5. The van der Waals surface area contributed by atoms with Crippen LogP contribution in [0.5, 0.6) is 5.75 Å². The minimum Gasteiger partial charge on any atom is -0.492 e. The summed E-state index contributed by atoms with van der Waals surface area (Å²) in [5, 5.41) is 0. The Morgan fingerprint density at radius 2 is 2.04 bits per heavy atom. The fourth-order valence-corrected chi connectivity index (χ4v) is 5.43. The van der Waals surface area contributed by atoms with E-state index in [2.05, 4.69) is 4.98 Å². The van der Waals surface area contributed by atoms with Gasteiger partial charge in [0.15, 0.2) is 0 Å². The van der Waals surface area contributed by atoms with Gasteiger partial charge in [-0.25, -0.2) is 8.42 Å². The molecule has 1 atom stereocenters. The van der Waals surface area contributed by atoms with Crippen molar-refractivity contribution in [3.05, 3.63) is 54.4 Å². The van der Waals surface area contributed by atoms with Gasteiger partial charge in [-0.3, -0.25) is 4.98 Å². The highest BCUT2D eigenvalue weighted by atomic mass is 32.2. The minimum atomic E-state index is -3.46. The Balaban J connectivity index is 1.36. The molecule has 7 heteroatoms. The molecule has 2 aliphatic rings. The summed E-state index contributed by atoms with van der Waals surface area (Å²) in [6.45, 7) is 4.03. The maximum Gasteiger partial charge on any atom is 0.243 e. The smallest absolute Gasteiger partial charge is 0.243 e. The van der Waals surface area contributed by atoms with Crippen LogP contribution in [0.3, 0.4) is 0 Å². The van der Waals surface area contributed by atoms with E-state index in [4.69, 9.17) is 9.47 Å². The second-order valence-corrected chi connectivity index (χ2v) is 9.25. The molecule has 0 bridgehead atoms. The van der Waals surface area contributed by atoms with E-state index >= 15 is 0 Å². The van der Waals surface area contributed by atoms with Gasteiger partial charge in [0.05, 0.1) is 23.3 Å². The lowest BCUT2D eigenvalue weighted by atomic mass is 9.80. The number of aryl methyl sites for hydroxylation is 1. The Kier molecular flexibility index (Phi) is 4.92. The Labute approximate surface area is 160 Å². The number of ether oxygens (including phenoxy) is 2. The summed E-state index contributed by atoms with van der Waals surface area (Å²) in [7, 11) is -3.46. The zero-order valence-electron chi connectivity index (χ0n) is 15.4. The van der Waals surface area contributed by atoms with Crippen molar-refractivity contribution in [2.24, 2.45) is 5.92 Å². The first-order chi connectivity index (χ1) is 13.0. The Morgan fingerprint density at radius 1 is 1.26 bits per heavy atom. The van der Waals surface area contributed by atoms with Crippen molar-refractivity contribution in [2.45, 2.75) is 30.3 Å². The van der Waals surface area contributed by atoms with E-state index in [1.807, 2.05) is 31.2 Å². The molecule has 2 saturated heterocycles. The van der Waals surface area contributed by atoms with Gasteiger partial charge in [0.25, 0.3) is 0 Å². The van der Waals surface area contributed by atoms with Crippen LogP contribution < -0.4 is 4.74 Å². The van der Waals surface area contributed by atoms with E-state index in [1.165, 1.54) is 4.31 Å². The van der Waals surface area contributed by atoms with Crippen molar-refractivity contribution in [1.29, 1.82) is 0 Å². The van der Waals surface area contributed by atoms with E-state index in [0.717, 1.165) is 24.2 Å². The van der Waals surface area contributed by atoms with E-state index in [1.54, 1.807) is 24.5 Å². The maximum absolute atomic E-state index is 12.8. The first-order valence-electron chi connectivity index (χ1n) is 9.23. The molecule has 2 fully saturated rings. The monoisotopic (exact) mass is 388 g/mol. The number of benzene rings is 1. The Hall–Kier alpha value is -1.96. The molecule has 0 N–H and O–H groups in total. The Morgan fingerprint density at radius 3 is 2.74 bits per heavy atom. The minimum absolute atomic E-state index is 0.304. The second-order valence-electron chi connectivity index (χ2n) is 7.31. The molecule has 27 heavy (non-hydrogen) atoms. The molecule has 1 aromatic carbocycles. The third kappa shape index (κ3) is 3.59. The predicted molar refractivity (Wildman–Crippen MR) is 101 cm³/mol.